The third-order valence-electron chi connectivity index (χ3n) is 6.76. The molecule has 6 heteroatoms. The third kappa shape index (κ3) is 5.12. The Labute approximate surface area is 217 Å². The molecule has 1 atom stereocenters. The van der Waals surface area contributed by atoms with Crippen molar-refractivity contribution >= 4 is 17.0 Å². The van der Waals surface area contributed by atoms with Gasteiger partial charge in [-0.3, -0.25) is 0 Å². The summed E-state index contributed by atoms with van der Waals surface area (Å²) >= 11 is 0. The summed E-state index contributed by atoms with van der Waals surface area (Å²) in [7, 11) is 0. The van der Waals surface area contributed by atoms with Gasteiger partial charge in [-0.15, -0.1) is 0 Å². The molecule has 3 heterocycles. The summed E-state index contributed by atoms with van der Waals surface area (Å²) in [5, 5.41) is 11.2. The van der Waals surface area contributed by atoms with E-state index in [0.29, 0.717) is 17.8 Å². The third-order valence-corrected chi connectivity index (χ3v) is 6.76. The van der Waals surface area contributed by atoms with E-state index >= 15 is 0 Å². The second-order valence-electron chi connectivity index (χ2n) is 10.9. The topological polar surface area (TPSA) is 73.6 Å². The highest BCUT2D eigenvalue weighted by molar-refractivity contribution is 5.98. The van der Waals surface area contributed by atoms with Crippen LogP contribution in [0, 0.1) is 13.8 Å². The lowest BCUT2D eigenvalue weighted by Crippen LogP contribution is -2.28. The fraction of sp³-hybridized carbons (Fsp3) is 0.355. The molecule has 0 saturated heterocycles. The largest absolute Gasteiger partial charge is 0.493 e. The van der Waals surface area contributed by atoms with Crippen LogP contribution in [-0.2, 0) is 22.5 Å². The first-order valence-electron chi connectivity index (χ1n) is 12.8. The number of hydrogen-bond acceptors (Lipinski definition) is 4. The highest BCUT2D eigenvalue weighted by Crippen LogP contribution is 2.41. The summed E-state index contributed by atoms with van der Waals surface area (Å²) in [6.07, 6.45) is 2.78. The number of aryl methyl sites for hydroxylation is 3. The number of aromatic nitrogens is 2. The van der Waals surface area contributed by atoms with Gasteiger partial charge >= 0.3 is 5.97 Å². The lowest BCUT2D eigenvalue weighted by molar-refractivity contribution is -0.160. The normalized spacial score (nSPS) is 14.3. The number of pyridine rings is 1. The summed E-state index contributed by atoms with van der Waals surface area (Å²) in [5.74, 6) is -0.128. The van der Waals surface area contributed by atoms with Gasteiger partial charge in [-0.25, -0.2) is 9.78 Å². The van der Waals surface area contributed by atoms with Crippen molar-refractivity contribution in [3.05, 3.63) is 82.7 Å². The molecule has 1 aliphatic heterocycles. The van der Waals surface area contributed by atoms with Gasteiger partial charge in [-0.05, 0) is 82.3 Å². The number of rotatable bonds is 6. The van der Waals surface area contributed by atoms with Crippen molar-refractivity contribution in [2.45, 2.75) is 65.7 Å². The molecule has 0 aliphatic carbocycles. The molecule has 192 valence electrons. The summed E-state index contributed by atoms with van der Waals surface area (Å²) in [6, 6.07) is 16.7. The van der Waals surface area contributed by atoms with Crippen LogP contribution in [0.4, 0.5) is 0 Å². The molecule has 0 spiro atoms. The van der Waals surface area contributed by atoms with E-state index in [1.54, 1.807) is 0 Å². The number of hydrogen-bond donors (Lipinski definition) is 1. The Morgan fingerprint density at radius 2 is 1.89 bits per heavy atom. The molecule has 0 fully saturated rings. The highest BCUT2D eigenvalue weighted by atomic mass is 16.5. The molecule has 1 unspecified atom stereocenters. The molecule has 0 amide bonds. The quantitative estimate of drug-likeness (QED) is 0.323. The van der Waals surface area contributed by atoms with Gasteiger partial charge in [-0.1, -0.05) is 35.9 Å². The summed E-state index contributed by atoms with van der Waals surface area (Å²) in [4.78, 5) is 17.5. The van der Waals surface area contributed by atoms with E-state index in [2.05, 4.69) is 41.8 Å². The van der Waals surface area contributed by atoms with Crippen molar-refractivity contribution in [1.82, 2.24) is 9.55 Å². The Bertz CT molecular complexity index is 1460. The van der Waals surface area contributed by atoms with E-state index in [1.165, 1.54) is 11.1 Å². The van der Waals surface area contributed by atoms with Gasteiger partial charge in [0.25, 0.3) is 0 Å². The van der Waals surface area contributed by atoms with E-state index in [1.807, 2.05) is 52.1 Å². The van der Waals surface area contributed by atoms with Crippen molar-refractivity contribution in [1.29, 1.82) is 0 Å². The second kappa shape index (κ2) is 9.67. The number of carboxylic acid groups (broad SMARTS) is 1. The maximum Gasteiger partial charge on any atom is 0.337 e. The molecule has 1 N–H and O–H groups in total. The molecule has 0 radical (unpaired) electrons. The molecule has 2 aromatic carbocycles. The first-order chi connectivity index (χ1) is 17.6. The van der Waals surface area contributed by atoms with Gasteiger partial charge in [0, 0.05) is 34.9 Å². The van der Waals surface area contributed by atoms with Gasteiger partial charge in [0.15, 0.2) is 6.10 Å². The highest BCUT2D eigenvalue weighted by Gasteiger charge is 2.33. The number of carboxylic acids is 1. The van der Waals surface area contributed by atoms with E-state index in [9.17, 15) is 9.90 Å². The smallest absolute Gasteiger partial charge is 0.337 e. The van der Waals surface area contributed by atoms with Crippen molar-refractivity contribution < 1.29 is 19.4 Å². The zero-order valence-corrected chi connectivity index (χ0v) is 22.2. The SMILES string of the molecule is Cc1ccc(Cn2ccc3c(-c4ccc5c(c4)CCCO5)c(C(OC(C)(C)C)C(=O)O)c(C)nc32)cc1. The first kappa shape index (κ1) is 25.0. The van der Waals surface area contributed by atoms with Crippen LogP contribution in [0.15, 0.2) is 54.7 Å². The van der Waals surface area contributed by atoms with Crippen molar-refractivity contribution in [3.8, 4) is 16.9 Å². The standard InChI is InChI=1S/C31H34N2O4/c1-19-8-10-21(11-9-19)18-33-15-14-24-27(23-12-13-25-22(17-23)7-6-16-36-25)26(20(2)32-29(24)33)28(30(34)35)37-31(3,4)5/h8-15,17,28H,6-7,16,18H2,1-5H3,(H,34,35). The van der Waals surface area contributed by atoms with Gasteiger partial charge < -0.3 is 19.1 Å². The van der Waals surface area contributed by atoms with E-state index in [0.717, 1.165) is 52.9 Å². The van der Waals surface area contributed by atoms with E-state index in [-0.39, 0.29) is 0 Å². The Kier molecular flexibility index (Phi) is 6.54. The molecule has 4 aromatic rings. The van der Waals surface area contributed by atoms with Crippen molar-refractivity contribution in [2.75, 3.05) is 6.61 Å². The number of nitrogens with zero attached hydrogens (tertiary/aromatic N) is 2. The van der Waals surface area contributed by atoms with E-state index < -0.39 is 17.7 Å². The molecule has 37 heavy (non-hydrogen) atoms. The average molecular weight is 499 g/mol. The van der Waals surface area contributed by atoms with Crippen molar-refractivity contribution in [3.63, 3.8) is 0 Å². The van der Waals surface area contributed by atoms with Gasteiger partial charge in [0.2, 0.25) is 0 Å². The number of benzene rings is 2. The molecule has 0 saturated carbocycles. The molecule has 5 rings (SSSR count). The Hall–Kier alpha value is -3.64. The van der Waals surface area contributed by atoms with Gasteiger partial charge in [0.05, 0.1) is 12.2 Å². The van der Waals surface area contributed by atoms with Crippen molar-refractivity contribution in [2.24, 2.45) is 0 Å². The van der Waals surface area contributed by atoms with Crippen LogP contribution >= 0.6 is 0 Å². The minimum Gasteiger partial charge on any atom is -0.493 e. The maximum absolute atomic E-state index is 12.6. The lowest BCUT2D eigenvalue weighted by atomic mass is 9.90. The predicted octanol–water partition coefficient (Wildman–Crippen LogP) is 6.63. The minimum atomic E-state index is -1.15. The Morgan fingerprint density at radius 3 is 2.59 bits per heavy atom. The van der Waals surface area contributed by atoms with Crippen LogP contribution in [0.5, 0.6) is 5.75 Å². The fourth-order valence-corrected chi connectivity index (χ4v) is 5.08. The number of carbonyl (C=O) groups is 1. The summed E-state index contributed by atoms with van der Waals surface area (Å²) in [6.45, 7) is 11.0. The molecule has 2 aromatic heterocycles. The Balaban J connectivity index is 1.73. The molecular formula is C31H34N2O4. The summed E-state index contributed by atoms with van der Waals surface area (Å²) < 4.78 is 14.1. The van der Waals surface area contributed by atoms with Crippen LogP contribution in [0.25, 0.3) is 22.2 Å². The van der Waals surface area contributed by atoms with Crippen LogP contribution in [0.2, 0.25) is 0 Å². The molecule has 0 bridgehead atoms. The zero-order valence-electron chi connectivity index (χ0n) is 22.2. The number of fused-ring (bicyclic) bond motifs is 2. The molecule has 6 nitrogen and oxygen atoms in total. The van der Waals surface area contributed by atoms with Crippen LogP contribution in [0.1, 0.15) is 61.2 Å². The predicted molar refractivity (Wildman–Crippen MR) is 145 cm³/mol. The van der Waals surface area contributed by atoms with Crippen LogP contribution < -0.4 is 4.74 Å². The fourth-order valence-electron chi connectivity index (χ4n) is 5.08. The first-order valence-corrected chi connectivity index (χ1v) is 12.8. The number of aliphatic carboxylic acids is 1. The lowest BCUT2D eigenvalue weighted by Gasteiger charge is -2.28. The minimum absolute atomic E-state index is 0.597. The zero-order chi connectivity index (χ0) is 26.3. The molecule has 1 aliphatic rings. The van der Waals surface area contributed by atoms with Gasteiger partial charge in [-0.2, -0.15) is 0 Å². The maximum atomic E-state index is 12.6. The summed E-state index contributed by atoms with van der Waals surface area (Å²) in [5.41, 5.74) is 6.77. The number of ether oxygens (including phenoxy) is 2. The average Bonchev–Trinajstić information content (AvgIpc) is 3.24. The Morgan fingerprint density at radius 1 is 1.14 bits per heavy atom. The van der Waals surface area contributed by atoms with Crippen LogP contribution in [-0.4, -0.2) is 32.8 Å². The molecular weight excluding hydrogens is 464 g/mol. The van der Waals surface area contributed by atoms with Crippen LogP contribution in [0.3, 0.4) is 0 Å². The second-order valence-corrected chi connectivity index (χ2v) is 10.9. The monoisotopic (exact) mass is 498 g/mol. The van der Waals surface area contributed by atoms with E-state index in [4.69, 9.17) is 14.5 Å². The van der Waals surface area contributed by atoms with Gasteiger partial charge in [0.1, 0.15) is 11.4 Å².